The van der Waals surface area contributed by atoms with Crippen molar-refractivity contribution in [3.63, 3.8) is 0 Å². The van der Waals surface area contributed by atoms with Gasteiger partial charge in [-0.15, -0.1) is 0 Å². The first-order chi connectivity index (χ1) is 8.88. The van der Waals surface area contributed by atoms with Crippen LogP contribution in [0.3, 0.4) is 0 Å². The molecule has 1 N–H and O–H groups in total. The number of benzene rings is 2. The third-order valence-corrected chi connectivity index (χ3v) is 3.61. The molecule has 1 nitrogen and oxygen atoms in total. The standard InChI is InChI=1S/C16H16BrFO/c1-9-4-12(8-14(17)5-9)16(19)13-6-10(2)15(18)11(3)7-13/h4-8,16,19H,1-3H3. The Morgan fingerprint density at radius 1 is 0.947 bits per heavy atom. The lowest BCUT2D eigenvalue weighted by Crippen LogP contribution is -2.02. The molecule has 0 aromatic heterocycles. The summed E-state index contributed by atoms with van der Waals surface area (Å²) in [6.07, 6.45) is -0.741. The van der Waals surface area contributed by atoms with Gasteiger partial charge in [-0.3, -0.25) is 0 Å². The van der Waals surface area contributed by atoms with Gasteiger partial charge in [0.05, 0.1) is 0 Å². The molecule has 1 unspecified atom stereocenters. The Morgan fingerprint density at radius 3 is 2.00 bits per heavy atom. The van der Waals surface area contributed by atoms with E-state index in [1.165, 1.54) is 0 Å². The zero-order chi connectivity index (χ0) is 14.2. The normalized spacial score (nSPS) is 12.5. The fourth-order valence-electron chi connectivity index (χ4n) is 2.25. The fraction of sp³-hybridized carbons (Fsp3) is 0.250. The number of hydrogen-bond donors (Lipinski definition) is 1. The number of aryl methyl sites for hydroxylation is 3. The Hall–Kier alpha value is -1.19. The van der Waals surface area contributed by atoms with Crippen LogP contribution in [-0.2, 0) is 0 Å². The van der Waals surface area contributed by atoms with Crippen molar-refractivity contribution in [1.82, 2.24) is 0 Å². The molecule has 2 aromatic carbocycles. The largest absolute Gasteiger partial charge is 0.384 e. The van der Waals surface area contributed by atoms with Crippen LogP contribution in [0.1, 0.15) is 33.9 Å². The van der Waals surface area contributed by atoms with E-state index < -0.39 is 6.10 Å². The maximum atomic E-state index is 13.6. The highest BCUT2D eigenvalue weighted by atomic mass is 79.9. The van der Waals surface area contributed by atoms with E-state index in [2.05, 4.69) is 15.9 Å². The Morgan fingerprint density at radius 2 is 1.47 bits per heavy atom. The molecular formula is C16H16BrFO. The molecule has 0 radical (unpaired) electrons. The first-order valence-electron chi connectivity index (χ1n) is 6.10. The van der Waals surface area contributed by atoms with E-state index in [-0.39, 0.29) is 5.82 Å². The second-order valence-corrected chi connectivity index (χ2v) is 5.85. The van der Waals surface area contributed by atoms with Gasteiger partial charge in [0, 0.05) is 4.47 Å². The van der Waals surface area contributed by atoms with Crippen molar-refractivity contribution in [2.75, 3.05) is 0 Å². The van der Waals surface area contributed by atoms with E-state index in [0.29, 0.717) is 16.7 Å². The van der Waals surface area contributed by atoms with E-state index in [4.69, 9.17) is 0 Å². The fourth-order valence-corrected chi connectivity index (χ4v) is 2.88. The lowest BCUT2D eigenvalue weighted by Gasteiger charge is -2.15. The predicted molar refractivity (Wildman–Crippen MR) is 78.8 cm³/mol. The van der Waals surface area contributed by atoms with Crippen molar-refractivity contribution in [1.29, 1.82) is 0 Å². The van der Waals surface area contributed by atoms with Gasteiger partial charge in [0.15, 0.2) is 0 Å². The van der Waals surface area contributed by atoms with Crippen molar-refractivity contribution in [2.45, 2.75) is 26.9 Å². The van der Waals surface area contributed by atoms with Gasteiger partial charge in [0.2, 0.25) is 0 Å². The van der Waals surface area contributed by atoms with Crippen LogP contribution in [0.4, 0.5) is 4.39 Å². The van der Waals surface area contributed by atoms with Crippen molar-refractivity contribution >= 4 is 15.9 Å². The zero-order valence-corrected chi connectivity index (χ0v) is 12.8. The van der Waals surface area contributed by atoms with Crippen LogP contribution < -0.4 is 0 Å². The summed E-state index contributed by atoms with van der Waals surface area (Å²) in [6, 6.07) is 9.19. The number of aliphatic hydroxyl groups is 1. The minimum atomic E-state index is -0.741. The second kappa shape index (κ2) is 5.43. The molecule has 2 aromatic rings. The first kappa shape index (κ1) is 14.2. The summed E-state index contributed by atoms with van der Waals surface area (Å²) in [7, 11) is 0. The highest BCUT2D eigenvalue weighted by Gasteiger charge is 2.14. The van der Waals surface area contributed by atoms with Crippen molar-refractivity contribution in [3.05, 3.63) is 68.4 Å². The number of aliphatic hydroxyl groups excluding tert-OH is 1. The van der Waals surface area contributed by atoms with Gasteiger partial charge >= 0.3 is 0 Å². The van der Waals surface area contributed by atoms with Crippen molar-refractivity contribution in [3.8, 4) is 0 Å². The summed E-state index contributed by atoms with van der Waals surface area (Å²) in [4.78, 5) is 0. The number of rotatable bonds is 2. The van der Waals surface area contributed by atoms with Gasteiger partial charge < -0.3 is 5.11 Å². The Labute approximate surface area is 121 Å². The summed E-state index contributed by atoms with van der Waals surface area (Å²) in [6.45, 7) is 5.40. The predicted octanol–water partition coefficient (Wildman–Crippen LogP) is 4.60. The van der Waals surface area contributed by atoms with Gasteiger partial charge in [-0.05, 0) is 60.7 Å². The molecule has 19 heavy (non-hydrogen) atoms. The van der Waals surface area contributed by atoms with Crippen LogP contribution in [0.5, 0.6) is 0 Å². The molecule has 0 aliphatic carbocycles. The van der Waals surface area contributed by atoms with E-state index in [0.717, 1.165) is 15.6 Å². The quantitative estimate of drug-likeness (QED) is 0.857. The molecule has 100 valence electrons. The number of hydrogen-bond acceptors (Lipinski definition) is 1. The number of halogens is 2. The zero-order valence-electron chi connectivity index (χ0n) is 11.2. The maximum Gasteiger partial charge on any atom is 0.129 e. The van der Waals surface area contributed by atoms with Gasteiger partial charge in [0.1, 0.15) is 11.9 Å². The molecule has 3 heteroatoms. The average Bonchev–Trinajstić information content (AvgIpc) is 2.33. The highest BCUT2D eigenvalue weighted by Crippen LogP contribution is 2.28. The van der Waals surface area contributed by atoms with Crippen LogP contribution in [0.25, 0.3) is 0 Å². The summed E-state index contributed by atoms with van der Waals surface area (Å²) in [5.41, 5.74) is 3.70. The van der Waals surface area contributed by atoms with Gasteiger partial charge in [-0.25, -0.2) is 4.39 Å². The minimum absolute atomic E-state index is 0.207. The van der Waals surface area contributed by atoms with Crippen LogP contribution in [0.15, 0.2) is 34.8 Å². The molecule has 2 rings (SSSR count). The molecule has 0 heterocycles. The molecule has 0 saturated carbocycles. The SMILES string of the molecule is Cc1cc(Br)cc(C(O)c2cc(C)c(F)c(C)c2)c1. The van der Waals surface area contributed by atoms with Crippen LogP contribution in [0, 0.1) is 26.6 Å². The minimum Gasteiger partial charge on any atom is -0.384 e. The lowest BCUT2D eigenvalue weighted by molar-refractivity contribution is 0.220. The molecule has 0 fully saturated rings. The summed E-state index contributed by atoms with van der Waals surface area (Å²) in [5, 5.41) is 10.4. The Bertz CT molecular complexity index is 579. The molecular weight excluding hydrogens is 307 g/mol. The van der Waals surface area contributed by atoms with Gasteiger partial charge in [0.25, 0.3) is 0 Å². The van der Waals surface area contributed by atoms with Crippen LogP contribution in [0.2, 0.25) is 0 Å². The molecule has 1 atom stereocenters. The first-order valence-corrected chi connectivity index (χ1v) is 6.89. The summed E-state index contributed by atoms with van der Waals surface area (Å²) in [5.74, 6) is -0.207. The maximum absolute atomic E-state index is 13.6. The van der Waals surface area contributed by atoms with E-state index >= 15 is 0 Å². The average molecular weight is 323 g/mol. The molecule has 0 bridgehead atoms. The monoisotopic (exact) mass is 322 g/mol. The van der Waals surface area contributed by atoms with E-state index in [1.54, 1.807) is 26.0 Å². The molecule has 0 spiro atoms. The lowest BCUT2D eigenvalue weighted by atomic mass is 9.96. The molecule has 0 aliphatic rings. The van der Waals surface area contributed by atoms with E-state index in [1.807, 2.05) is 25.1 Å². The summed E-state index contributed by atoms with van der Waals surface area (Å²) >= 11 is 3.42. The third kappa shape index (κ3) is 3.04. The van der Waals surface area contributed by atoms with Crippen LogP contribution >= 0.6 is 15.9 Å². The second-order valence-electron chi connectivity index (χ2n) is 4.93. The smallest absolute Gasteiger partial charge is 0.129 e. The van der Waals surface area contributed by atoms with Crippen molar-refractivity contribution in [2.24, 2.45) is 0 Å². The summed E-state index contributed by atoms with van der Waals surface area (Å²) < 4.78 is 14.5. The van der Waals surface area contributed by atoms with Gasteiger partial charge in [-0.1, -0.05) is 34.1 Å². The molecule has 0 amide bonds. The third-order valence-electron chi connectivity index (χ3n) is 3.15. The molecule has 0 aliphatic heterocycles. The van der Waals surface area contributed by atoms with Gasteiger partial charge in [-0.2, -0.15) is 0 Å². The van der Waals surface area contributed by atoms with E-state index in [9.17, 15) is 9.50 Å². The highest BCUT2D eigenvalue weighted by molar-refractivity contribution is 9.10. The Balaban J connectivity index is 2.46. The van der Waals surface area contributed by atoms with Crippen molar-refractivity contribution < 1.29 is 9.50 Å². The Kier molecular flexibility index (Phi) is 4.07. The van der Waals surface area contributed by atoms with Crippen LogP contribution in [-0.4, -0.2) is 5.11 Å². The molecule has 0 saturated heterocycles. The topological polar surface area (TPSA) is 20.2 Å².